The summed E-state index contributed by atoms with van der Waals surface area (Å²) in [6, 6.07) is 0.576. The molecule has 1 aromatic heterocycles. The van der Waals surface area contributed by atoms with Crippen LogP contribution in [-0.2, 0) is 6.54 Å². The minimum absolute atomic E-state index is 0.400. The molecule has 0 aliphatic rings. The topological polar surface area (TPSA) is 47.1 Å². The molecule has 2 N–H and O–H groups in total. The molecule has 0 fully saturated rings. The molecule has 104 valence electrons. The van der Waals surface area contributed by atoms with Gasteiger partial charge in [-0.25, -0.2) is 4.98 Å². The zero-order chi connectivity index (χ0) is 13.7. The Kier molecular flexibility index (Phi) is 5.82. The molecule has 1 aromatic rings. The molecule has 0 saturated carbocycles. The van der Waals surface area contributed by atoms with E-state index in [1.807, 2.05) is 12.5 Å². The zero-order valence-electron chi connectivity index (χ0n) is 12.4. The van der Waals surface area contributed by atoms with E-state index in [9.17, 15) is 0 Å². The van der Waals surface area contributed by atoms with Crippen LogP contribution in [0.2, 0.25) is 0 Å². The molecular weight excluding hydrogens is 224 g/mol. The molecule has 4 heteroatoms. The first-order valence-electron chi connectivity index (χ1n) is 6.87. The van der Waals surface area contributed by atoms with Gasteiger partial charge < -0.3 is 15.2 Å². The molecule has 0 spiro atoms. The van der Waals surface area contributed by atoms with Crippen LogP contribution in [0.15, 0.2) is 12.5 Å². The van der Waals surface area contributed by atoms with E-state index in [-0.39, 0.29) is 0 Å². The molecule has 0 bridgehead atoms. The standard InChI is InChI=1S/C14H28N4/c1-11(2)13(8-15)14-9-16-10-18(14)7-6-17(5)12(3)4/h9-13H,6-8,15H2,1-5H3. The van der Waals surface area contributed by atoms with Crippen LogP contribution in [0.3, 0.4) is 0 Å². The van der Waals surface area contributed by atoms with Crippen LogP contribution in [0.5, 0.6) is 0 Å². The van der Waals surface area contributed by atoms with Crippen molar-refractivity contribution in [2.24, 2.45) is 11.7 Å². The summed E-state index contributed by atoms with van der Waals surface area (Å²) in [6.45, 7) is 11.6. The number of nitrogens with zero attached hydrogens (tertiary/aromatic N) is 3. The predicted octanol–water partition coefficient (Wildman–Crippen LogP) is 1.92. The Morgan fingerprint density at radius 2 is 2.00 bits per heavy atom. The fourth-order valence-electron chi connectivity index (χ4n) is 2.08. The van der Waals surface area contributed by atoms with Crippen molar-refractivity contribution in [2.75, 3.05) is 20.1 Å². The summed E-state index contributed by atoms with van der Waals surface area (Å²) in [5, 5.41) is 0. The molecule has 0 aliphatic carbocycles. The highest BCUT2D eigenvalue weighted by molar-refractivity contribution is 5.08. The summed E-state index contributed by atoms with van der Waals surface area (Å²) in [7, 11) is 2.16. The van der Waals surface area contributed by atoms with Crippen molar-refractivity contribution in [3.05, 3.63) is 18.2 Å². The summed E-state index contributed by atoms with van der Waals surface area (Å²) in [6.07, 6.45) is 3.89. The number of rotatable bonds is 7. The van der Waals surface area contributed by atoms with E-state index in [2.05, 4.69) is 49.2 Å². The third-order valence-corrected chi connectivity index (χ3v) is 3.76. The lowest BCUT2D eigenvalue weighted by atomic mass is 9.93. The Labute approximate surface area is 111 Å². The van der Waals surface area contributed by atoms with E-state index in [0.717, 1.165) is 13.1 Å². The number of nitrogens with two attached hydrogens (primary N) is 1. The average Bonchev–Trinajstić information content (AvgIpc) is 2.74. The minimum Gasteiger partial charge on any atom is -0.333 e. The summed E-state index contributed by atoms with van der Waals surface area (Å²) >= 11 is 0. The van der Waals surface area contributed by atoms with Gasteiger partial charge in [-0.15, -0.1) is 0 Å². The lowest BCUT2D eigenvalue weighted by molar-refractivity contribution is 0.260. The molecule has 0 amide bonds. The number of hydrogen-bond donors (Lipinski definition) is 1. The molecule has 4 nitrogen and oxygen atoms in total. The van der Waals surface area contributed by atoms with E-state index in [4.69, 9.17) is 5.73 Å². The summed E-state index contributed by atoms with van der Waals surface area (Å²) < 4.78 is 2.25. The Balaban J connectivity index is 2.70. The largest absolute Gasteiger partial charge is 0.333 e. The summed E-state index contributed by atoms with van der Waals surface area (Å²) in [5.41, 5.74) is 7.15. The Hall–Kier alpha value is -0.870. The van der Waals surface area contributed by atoms with Crippen molar-refractivity contribution < 1.29 is 0 Å². The van der Waals surface area contributed by atoms with Crippen LogP contribution >= 0.6 is 0 Å². The fourth-order valence-corrected chi connectivity index (χ4v) is 2.08. The van der Waals surface area contributed by atoms with Gasteiger partial charge in [0.1, 0.15) is 0 Å². The highest BCUT2D eigenvalue weighted by Crippen LogP contribution is 2.22. The maximum absolute atomic E-state index is 5.89. The quantitative estimate of drug-likeness (QED) is 0.806. The minimum atomic E-state index is 0.400. The van der Waals surface area contributed by atoms with Crippen LogP contribution < -0.4 is 5.73 Å². The Bertz CT molecular complexity index is 343. The van der Waals surface area contributed by atoms with Crippen molar-refractivity contribution in [3.8, 4) is 0 Å². The van der Waals surface area contributed by atoms with Gasteiger partial charge in [-0.1, -0.05) is 13.8 Å². The summed E-state index contributed by atoms with van der Waals surface area (Å²) in [4.78, 5) is 6.63. The second-order valence-electron chi connectivity index (χ2n) is 5.67. The SMILES string of the molecule is CC(C)C(CN)c1cncn1CCN(C)C(C)C. The van der Waals surface area contributed by atoms with Gasteiger partial charge in [0.05, 0.1) is 6.33 Å². The zero-order valence-corrected chi connectivity index (χ0v) is 12.4. The van der Waals surface area contributed by atoms with Gasteiger partial charge in [0.2, 0.25) is 0 Å². The normalized spacial score (nSPS) is 13.8. The van der Waals surface area contributed by atoms with Crippen LogP contribution in [0.1, 0.15) is 39.3 Å². The van der Waals surface area contributed by atoms with Gasteiger partial charge in [0, 0.05) is 43.5 Å². The third kappa shape index (κ3) is 3.82. The van der Waals surface area contributed by atoms with Gasteiger partial charge in [0.25, 0.3) is 0 Å². The smallest absolute Gasteiger partial charge is 0.0948 e. The lowest BCUT2D eigenvalue weighted by Crippen LogP contribution is -2.30. The highest BCUT2D eigenvalue weighted by Gasteiger charge is 2.18. The number of aromatic nitrogens is 2. The second-order valence-corrected chi connectivity index (χ2v) is 5.67. The van der Waals surface area contributed by atoms with E-state index in [1.54, 1.807) is 0 Å². The molecule has 0 saturated heterocycles. The highest BCUT2D eigenvalue weighted by atomic mass is 15.2. The van der Waals surface area contributed by atoms with Crippen LogP contribution in [0.4, 0.5) is 0 Å². The Morgan fingerprint density at radius 1 is 1.33 bits per heavy atom. The summed E-state index contributed by atoms with van der Waals surface area (Å²) in [5.74, 6) is 0.949. The molecule has 0 radical (unpaired) electrons. The van der Waals surface area contributed by atoms with Crippen LogP contribution in [0, 0.1) is 5.92 Å². The first kappa shape index (κ1) is 15.2. The van der Waals surface area contributed by atoms with E-state index < -0.39 is 0 Å². The molecule has 1 atom stereocenters. The molecule has 18 heavy (non-hydrogen) atoms. The maximum Gasteiger partial charge on any atom is 0.0948 e. The monoisotopic (exact) mass is 252 g/mol. The first-order valence-corrected chi connectivity index (χ1v) is 6.87. The second kappa shape index (κ2) is 6.90. The predicted molar refractivity (Wildman–Crippen MR) is 76.6 cm³/mol. The van der Waals surface area contributed by atoms with Gasteiger partial charge >= 0.3 is 0 Å². The lowest BCUT2D eigenvalue weighted by Gasteiger charge is -2.24. The molecular formula is C14H28N4. The van der Waals surface area contributed by atoms with Crippen molar-refractivity contribution in [3.63, 3.8) is 0 Å². The van der Waals surface area contributed by atoms with Gasteiger partial charge in [-0.2, -0.15) is 0 Å². The van der Waals surface area contributed by atoms with Crippen molar-refractivity contribution in [1.29, 1.82) is 0 Å². The average molecular weight is 252 g/mol. The van der Waals surface area contributed by atoms with Gasteiger partial charge in [-0.05, 0) is 26.8 Å². The number of likely N-dealkylation sites (N-methyl/N-ethyl adjacent to an activating group) is 1. The van der Waals surface area contributed by atoms with Gasteiger partial charge in [0.15, 0.2) is 0 Å². The third-order valence-electron chi connectivity index (χ3n) is 3.76. The van der Waals surface area contributed by atoms with E-state index in [0.29, 0.717) is 24.4 Å². The van der Waals surface area contributed by atoms with Crippen LogP contribution in [-0.4, -0.2) is 40.6 Å². The number of hydrogen-bond acceptors (Lipinski definition) is 3. The van der Waals surface area contributed by atoms with Gasteiger partial charge in [-0.3, -0.25) is 0 Å². The maximum atomic E-state index is 5.89. The molecule has 0 aromatic carbocycles. The molecule has 1 heterocycles. The molecule has 1 unspecified atom stereocenters. The van der Waals surface area contributed by atoms with Crippen LogP contribution in [0.25, 0.3) is 0 Å². The number of imidazole rings is 1. The fraction of sp³-hybridized carbons (Fsp3) is 0.786. The van der Waals surface area contributed by atoms with Crippen molar-refractivity contribution >= 4 is 0 Å². The van der Waals surface area contributed by atoms with Crippen molar-refractivity contribution in [1.82, 2.24) is 14.5 Å². The van der Waals surface area contributed by atoms with E-state index in [1.165, 1.54) is 5.69 Å². The Morgan fingerprint density at radius 3 is 2.50 bits per heavy atom. The van der Waals surface area contributed by atoms with Crippen molar-refractivity contribution in [2.45, 2.75) is 46.2 Å². The van der Waals surface area contributed by atoms with E-state index >= 15 is 0 Å². The molecule has 0 aliphatic heterocycles. The first-order chi connectivity index (χ1) is 8.47. The molecule has 1 rings (SSSR count).